The van der Waals surface area contributed by atoms with Crippen molar-refractivity contribution in [3.8, 4) is 5.69 Å². The van der Waals surface area contributed by atoms with Gasteiger partial charge in [-0.05, 0) is 25.0 Å². The van der Waals surface area contributed by atoms with Gasteiger partial charge in [0.05, 0.1) is 6.10 Å². The highest BCUT2D eigenvalue weighted by Crippen LogP contribution is 2.24. The minimum absolute atomic E-state index is 0.371. The number of hydrogen-bond acceptors (Lipinski definition) is 4. The average Bonchev–Trinajstić information content (AvgIpc) is 3.09. The van der Waals surface area contributed by atoms with Gasteiger partial charge in [0.15, 0.2) is 5.16 Å². The Hall–Kier alpha value is -1.33. The molecule has 1 aromatic heterocycles. The van der Waals surface area contributed by atoms with Gasteiger partial charge in [-0.2, -0.15) is 0 Å². The number of nitrogens with zero attached hydrogens (tertiary/aromatic N) is 3. The molecule has 1 aliphatic heterocycles. The standard InChI is InChI=1S/C13H15N3OS/c1-2-5-11(6-3-1)16-10-14-15-13(16)18-9-12-7-4-8-17-12/h1-3,5-6,10,12H,4,7-9H2/t12-/m0/s1. The van der Waals surface area contributed by atoms with E-state index in [4.69, 9.17) is 4.74 Å². The van der Waals surface area contributed by atoms with Crippen LogP contribution >= 0.6 is 11.8 Å². The quantitative estimate of drug-likeness (QED) is 0.793. The second-order valence-electron chi connectivity index (χ2n) is 4.27. The number of thioether (sulfide) groups is 1. The molecule has 18 heavy (non-hydrogen) atoms. The van der Waals surface area contributed by atoms with Crippen molar-refractivity contribution in [1.82, 2.24) is 14.8 Å². The second kappa shape index (κ2) is 5.54. The van der Waals surface area contributed by atoms with Gasteiger partial charge in [-0.1, -0.05) is 30.0 Å². The molecule has 94 valence electrons. The van der Waals surface area contributed by atoms with Gasteiger partial charge in [-0.3, -0.25) is 4.57 Å². The Morgan fingerprint density at radius 2 is 2.22 bits per heavy atom. The molecule has 0 unspecified atom stereocenters. The van der Waals surface area contributed by atoms with Gasteiger partial charge in [0, 0.05) is 18.0 Å². The third-order valence-corrected chi connectivity index (χ3v) is 4.05. The first-order valence-electron chi connectivity index (χ1n) is 6.13. The zero-order valence-electron chi connectivity index (χ0n) is 10.0. The van der Waals surface area contributed by atoms with Gasteiger partial charge in [0.25, 0.3) is 0 Å². The van der Waals surface area contributed by atoms with Crippen molar-refractivity contribution in [1.29, 1.82) is 0 Å². The minimum Gasteiger partial charge on any atom is -0.377 e. The summed E-state index contributed by atoms with van der Waals surface area (Å²) in [6, 6.07) is 10.2. The van der Waals surface area contributed by atoms with Crippen LogP contribution in [0, 0.1) is 0 Å². The van der Waals surface area contributed by atoms with E-state index in [0.29, 0.717) is 6.10 Å². The smallest absolute Gasteiger partial charge is 0.195 e. The molecule has 3 rings (SSSR count). The van der Waals surface area contributed by atoms with Crippen molar-refractivity contribution in [2.24, 2.45) is 0 Å². The minimum atomic E-state index is 0.371. The molecule has 0 amide bonds. The largest absolute Gasteiger partial charge is 0.377 e. The fourth-order valence-electron chi connectivity index (χ4n) is 2.03. The third kappa shape index (κ3) is 2.57. The number of ether oxygens (including phenoxy) is 1. The Morgan fingerprint density at radius 1 is 1.33 bits per heavy atom. The van der Waals surface area contributed by atoms with E-state index in [9.17, 15) is 0 Å². The van der Waals surface area contributed by atoms with Gasteiger partial charge >= 0.3 is 0 Å². The second-order valence-corrected chi connectivity index (χ2v) is 5.25. The Balaban J connectivity index is 1.71. The summed E-state index contributed by atoms with van der Waals surface area (Å²) in [6.45, 7) is 0.899. The summed E-state index contributed by atoms with van der Waals surface area (Å²) in [4.78, 5) is 0. The summed E-state index contributed by atoms with van der Waals surface area (Å²) >= 11 is 1.71. The topological polar surface area (TPSA) is 39.9 Å². The highest BCUT2D eigenvalue weighted by molar-refractivity contribution is 7.99. The molecule has 0 saturated carbocycles. The molecule has 0 N–H and O–H groups in total. The lowest BCUT2D eigenvalue weighted by molar-refractivity contribution is 0.129. The summed E-state index contributed by atoms with van der Waals surface area (Å²) in [5.74, 6) is 0.950. The first kappa shape index (κ1) is 11.7. The van der Waals surface area contributed by atoms with Gasteiger partial charge in [-0.25, -0.2) is 0 Å². The predicted octanol–water partition coefficient (Wildman–Crippen LogP) is 2.54. The van der Waals surface area contributed by atoms with Gasteiger partial charge < -0.3 is 4.74 Å². The van der Waals surface area contributed by atoms with E-state index in [0.717, 1.165) is 29.6 Å². The van der Waals surface area contributed by atoms with E-state index >= 15 is 0 Å². The lowest BCUT2D eigenvalue weighted by Crippen LogP contribution is -2.08. The van der Waals surface area contributed by atoms with E-state index in [-0.39, 0.29) is 0 Å². The van der Waals surface area contributed by atoms with E-state index in [2.05, 4.69) is 22.3 Å². The van der Waals surface area contributed by atoms with Crippen LogP contribution in [0.1, 0.15) is 12.8 Å². The van der Waals surface area contributed by atoms with Crippen LogP contribution in [0.25, 0.3) is 5.69 Å². The molecule has 1 aliphatic rings. The number of aromatic nitrogens is 3. The van der Waals surface area contributed by atoms with Gasteiger partial charge in [-0.15, -0.1) is 10.2 Å². The van der Waals surface area contributed by atoms with Crippen LogP contribution in [-0.2, 0) is 4.74 Å². The molecule has 2 heterocycles. The Labute approximate surface area is 110 Å². The van der Waals surface area contributed by atoms with Crippen molar-refractivity contribution < 1.29 is 4.74 Å². The molecule has 2 aromatic rings. The monoisotopic (exact) mass is 261 g/mol. The van der Waals surface area contributed by atoms with Crippen LogP contribution in [0.15, 0.2) is 41.8 Å². The fourth-order valence-corrected chi connectivity index (χ4v) is 3.03. The van der Waals surface area contributed by atoms with Crippen LogP contribution in [0.2, 0.25) is 0 Å². The number of hydrogen-bond donors (Lipinski definition) is 0. The molecule has 0 bridgehead atoms. The van der Waals surface area contributed by atoms with Crippen molar-refractivity contribution in [3.05, 3.63) is 36.7 Å². The van der Waals surface area contributed by atoms with E-state index in [1.165, 1.54) is 6.42 Å². The summed E-state index contributed by atoms with van der Waals surface area (Å²) in [5, 5.41) is 9.10. The first-order valence-corrected chi connectivity index (χ1v) is 7.12. The van der Waals surface area contributed by atoms with Crippen LogP contribution < -0.4 is 0 Å². The SMILES string of the molecule is c1ccc(-n2cnnc2SC[C@@H]2CCCO2)cc1. The summed E-state index contributed by atoms with van der Waals surface area (Å²) in [6.07, 6.45) is 4.46. The third-order valence-electron chi connectivity index (χ3n) is 2.97. The van der Waals surface area contributed by atoms with Crippen molar-refractivity contribution >= 4 is 11.8 Å². The molecule has 0 radical (unpaired) electrons. The molecule has 0 spiro atoms. The van der Waals surface area contributed by atoms with Crippen LogP contribution in [0.3, 0.4) is 0 Å². The number of rotatable bonds is 4. The Bertz CT molecular complexity index is 494. The molecule has 1 fully saturated rings. The van der Waals surface area contributed by atoms with Crippen LogP contribution in [-0.4, -0.2) is 33.2 Å². The highest BCUT2D eigenvalue weighted by Gasteiger charge is 2.17. The van der Waals surface area contributed by atoms with Gasteiger partial charge in [0.2, 0.25) is 0 Å². The Kier molecular flexibility index (Phi) is 3.61. The number of para-hydroxylation sites is 1. The lowest BCUT2D eigenvalue weighted by Gasteiger charge is -2.09. The maximum atomic E-state index is 5.62. The van der Waals surface area contributed by atoms with Crippen LogP contribution in [0.4, 0.5) is 0 Å². The van der Waals surface area contributed by atoms with E-state index in [1.54, 1.807) is 18.1 Å². The van der Waals surface area contributed by atoms with Crippen molar-refractivity contribution in [3.63, 3.8) is 0 Å². The van der Waals surface area contributed by atoms with E-state index in [1.807, 2.05) is 22.8 Å². The summed E-state index contributed by atoms with van der Waals surface area (Å²) in [5.41, 5.74) is 1.09. The predicted molar refractivity (Wildman–Crippen MR) is 71.1 cm³/mol. The fraction of sp³-hybridized carbons (Fsp3) is 0.385. The summed E-state index contributed by atoms with van der Waals surface area (Å²) < 4.78 is 7.63. The molecule has 1 saturated heterocycles. The number of benzene rings is 1. The molecule has 1 aromatic carbocycles. The zero-order chi connectivity index (χ0) is 12.2. The maximum absolute atomic E-state index is 5.62. The highest BCUT2D eigenvalue weighted by atomic mass is 32.2. The van der Waals surface area contributed by atoms with Gasteiger partial charge in [0.1, 0.15) is 6.33 Å². The molecule has 0 aliphatic carbocycles. The molecule has 5 heteroatoms. The van der Waals surface area contributed by atoms with E-state index < -0.39 is 0 Å². The average molecular weight is 261 g/mol. The summed E-state index contributed by atoms with van der Waals surface area (Å²) in [7, 11) is 0. The van der Waals surface area contributed by atoms with Crippen molar-refractivity contribution in [2.75, 3.05) is 12.4 Å². The molecular formula is C13H15N3OS. The first-order chi connectivity index (χ1) is 8.93. The van der Waals surface area contributed by atoms with Crippen molar-refractivity contribution in [2.45, 2.75) is 24.1 Å². The molecule has 1 atom stereocenters. The van der Waals surface area contributed by atoms with Crippen LogP contribution in [0.5, 0.6) is 0 Å². The zero-order valence-corrected chi connectivity index (χ0v) is 10.8. The Morgan fingerprint density at radius 3 is 3.00 bits per heavy atom. The molecular weight excluding hydrogens is 246 g/mol. The lowest BCUT2D eigenvalue weighted by atomic mass is 10.3. The maximum Gasteiger partial charge on any atom is 0.195 e. The molecule has 4 nitrogen and oxygen atoms in total. The normalized spacial score (nSPS) is 19.2.